The molecule has 3 aromatic rings. The maximum absolute atomic E-state index is 12.9. The quantitative estimate of drug-likeness (QED) is 0.656. The highest BCUT2D eigenvalue weighted by Gasteiger charge is 2.28. The van der Waals surface area contributed by atoms with E-state index in [2.05, 4.69) is 20.4 Å². The van der Waals surface area contributed by atoms with Crippen LogP contribution in [0.5, 0.6) is 5.75 Å². The maximum Gasteiger partial charge on any atom is 0.229 e. The van der Waals surface area contributed by atoms with Crippen LogP contribution in [0.1, 0.15) is 18.4 Å². The Bertz CT molecular complexity index is 1000. The second kappa shape index (κ2) is 8.42. The summed E-state index contributed by atoms with van der Waals surface area (Å²) in [4.78, 5) is 15.1. The Morgan fingerprint density at radius 2 is 2.03 bits per heavy atom. The lowest BCUT2D eigenvalue weighted by atomic mass is 9.97. The third kappa shape index (κ3) is 4.23. The van der Waals surface area contributed by atoms with Crippen molar-refractivity contribution in [2.45, 2.75) is 19.8 Å². The van der Waals surface area contributed by atoms with Crippen LogP contribution in [0.4, 0.5) is 10.8 Å². The van der Waals surface area contributed by atoms with Gasteiger partial charge in [0.15, 0.2) is 0 Å². The molecule has 0 aliphatic carbocycles. The summed E-state index contributed by atoms with van der Waals surface area (Å²) in [5.41, 5.74) is 1.53. The molecule has 29 heavy (non-hydrogen) atoms. The number of halogens is 1. The zero-order valence-electron chi connectivity index (χ0n) is 16.3. The van der Waals surface area contributed by atoms with Crippen molar-refractivity contribution in [3.63, 3.8) is 0 Å². The maximum atomic E-state index is 12.9. The number of aryl methyl sites for hydroxylation is 1. The topological polar surface area (TPSA) is 72.3 Å². The van der Waals surface area contributed by atoms with Crippen molar-refractivity contribution in [2.24, 2.45) is 5.92 Å². The predicted octanol–water partition coefficient (Wildman–Crippen LogP) is 4.15. The van der Waals surface area contributed by atoms with E-state index in [9.17, 15) is 4.79 Å². The molecule has 1 aromatic carbocycles. The number of ether oxygens (including phenoxy) is 1. The van der Waals surface area contributed by atoms with Crippen LogP contribution in [0, 0.1) is 12.8 Å². The average molecular weight is 432 g/mol. The number of nitrogens with one attached hydrogen (secondary N) is 1. The molecule has 1 amide bonds. The standard InChI is InChI=1S/C20H22ClN5O2S/c1-13-10-16(17(28-2)11-15(13)21)22-18(27)14-6-5-9-26(12-14)20-24-23-19(29-20)25-7-3-4-8-25/h3-4,7-8,10-11,14H,5-6,9,12H2,1-2H3,(H,22,27). The molecule has 0 spiro atoms. The molecule has 3 heterocycles. The Kier molecular flexibility index (Phi) is 5.73. The van der Waals surface area contributed by atoms with Crippen LogP contribution in [0.25, 0.3) is 5.13 Å². The van der Waals surface area contributed by atoms with Gasteiger partial charge in [-0.3, -0.25) is 9.36 Å². The lowest BCUT2D eigenvalue weighted by Gasteiger charge is -2.31. The van der Waals surface area contributed by atoms with Crippen LogP contribution >= 0.6 is 22.9 Å². The summed E-state index contributed by atoms with van der Waals surface area (Å²) in [7, 11) is 1.57. The molecule has 0 saturated carbocycles. The Morgan fingerprint density at radius 3 is 2.79 bits per heavy atom. The molecule has 2 aromatic heterocycles. The van der Waals surface area contributed by atoms with Crippen LogP contribution in [0.15, 0.2) is 36.7 Å². The summed E-state index contributed by atoms with van der Waals surface area (Å²) in [5, 5.41) is 13.9. The summed E-state index contributed by atoms with van der Waals surface area (Å²) < 4.78 is 7.30. The van der Waals surface area contributed by atoms with Gasteiger partial charge in [-0.2, -0.15) is 0 Å². The highest BCUT2D eigenvalue weighted by atomic mass is 35.5. The number of carbonyl (C=O) groups is 1. The fraction of sp³-hybridized carbons (Fsp3) is 0.350. The van der Waals surface area contributed by atoms with Gasteiger partial charge in [-0.15, -0.1) is 10.2 Å². The minimum Gasteiger partial charge on any atom is -0.495 e. The summed E-state index contributed by atoms with van der Waals surface area (Å²) >= 11 is 7.69. The molecule has 152 valence electrons. The lowest BCUT2D eigenvalue weighted by Crippen LogP contribution is -2.40. The van der Waals surface area contributed by atoms with Crippen molar-refractivity contribution in [3.8, 4) is 10.9 Å². The molecule has 4 rings (SSSR count). The van der Waals surface area contributed by atoms with E-state index < -0.39 is 0 Å². The number of methoxy groups -OCH3 is 1. The Morgan fingerprint density at radius 1 is 1.28 bits per heavy atom. The van der Waals surface area contributed by atoms with E-state index in [1.165, 1.54) is 11.3 Å². The predicted molar refractivity (Wildman–Crippen MR) is 116 cm³/mol. The van der Waals surface area contributed by atoms with Gasteiger partial charge >= 0.3 is 0 Å². The third-order valence-corrected chi connectivity index (χ3v) is 6.43. The van der Waals surface area contributed by atoms with Gasteiger partial charge in [0.05, 0.1) is 18.7 Å². The normalized spacial score (nSPS) is 16.7. The first-order valence-corrected chi connectivity index (χ1v) is 10.6. The Balaban J connectivity index is 1.46. The Hall–Kier alpha value is -2.58. The monoisotopic (exact) mass is 431 g/mol. The zero-order chi connectivity index (χ0) is 20.4. The number of aromatic nitrogens is 3. The number of nitrogens with zero attached hydrogens (tertiary/aromatic N) is 4. The van der Waals surface area contributed by atoms with Crippen LogP contribution in [0.3, 0.4) is 0 Å². The van der Waals surface area contributed by atoms with E-state index >= 15 is 0 Å². The molecule has 1 aliphatic heterocycles. The van der Waals surface area contributed by atoms with Crippen molar-refractivity contribution >= 4 is 39.7 Å². The fourth-order valence-electron chi connectivity index (χ4n) is 3.43. The van der Waals surface area contributed by atoms with Gasteiger partial charge in [0.1, 0.15) is 5.75 Å². The summed E-state index contributed by atoms with van der Waals surface area (Å²) in [6.45, 7) is 3.38. The number of rotatable bonds is 5. The average Bonchev–Trinajstić information content (AvgIpc) is 3.42. The summed E-state index contributed by atoms with van der Waals surface area (Å²) in [5.74, 6) is 0.398. The molecule has 1 saturated heterocycles. The first-order valence-electron chi connectivity index (χ1n) is 9.42. The van der Waals surface area contributed by atoms with E-state index in [-0.39, 0.29) is 11.8 Å². The Labute approximate surface area is 178 Å². The van der Waals surface area contributed by atoms with Crippen molar-refractivity contribution in [2.75, 3.05) is 30.4 Å². The van der Waals surface area contributed by atoms with Crippen LogP contribution in [-0.2, 0) is 4.79 Å². The molecule has 1 atom stereocenters. The van der Waals surface area contributed by atoms with E-state index in [0.29, 0.717) is 23.0 Å². The number of piperidine rings is 1. The molecular weight excluding hydrogens is 410 g/mol. The first kappa shape index (κ1) is 19.7. The molecule has 0 radical (unpaired) electrons. The van der Waals surface area contributed by atoms with Crippen molar-refractivity contribution < 1.29 is 9.53 Å². The van der Waals surface area contributed by atoms with E-state index in [0.717, 1.165) is 35.2 Å². The number of benzene rings is 1. The molecule has 7 nitrogen and oxygen atoms in total. The summed E-state index contributed by atoms with van der Waals surface area (Å²) in [6, 6.07) is 7.47. The van der Waals surface area contributed by atoms with E-state index in [1.807, 2.05) is 42.1 Å². The van der Waals surface area contributed by atoms with Gasteiger partial charge in [-0.25, -0.2) is 0 Å². The van der Waals surface area contributed by atoms with Crippen molar-refractivity contribution in [3.05, 3.63) is 47.2 Å². The number of carbonyl (C=O) groups excluding carboxylic acids is 1. The highest BCUT2D eigenvalue weighted by molar-refractivity contribution is 7.17. The largest absolute Gasteiger partial charge is 0.495 e. The van der Waals surface area contributed by atoms with Crippen molar-refractivity contribution in [1.29, 1.82) is 0 Å². The van der Waals surface area contributed by atoms with Gasteiger partial charge in [0.2, 0.25) is 16.2 Å². The minimum absolute atomic E-state index is 0.0233. The minimum atomic E-state index is -0.136. The van der Waals surface area contributed by atoms with Crippen LogP contribution in [0.2, 0.25) is 5.02 Å². The number of anilines is 2. The van der Waals surface area contributed by atoms with Crippen LogP contribution < -0.4 is 15.0 Å². The number of hydrogen-bond acceptors (Lipinski definition) is 6. The second-order valence-corrected chi connectivity index (χ2v) is 8.38. The van der Waals surface area contributed by atoms with Gasteiger partial charge < -0.3 is 15.0 Å². The smallest absolute Gasteiger partial charge is 0.229 e. The number of hydrogen-bond donors (Lipinski definition) is 1. The third-order valence-electron chi connectivity index (χ3n) is 5.03. The second-order valence-electron chi connectivity index (χ2n) is 7.03. The van der Waals surface area contributed by atoms with Crippen molar-refractivity contribution in [1.82, 2.24) is 14.8 Å². The van der Waals surface area contributed by atoms with E-state index in [4.69, 9.17) is 16.3 Å². The first-order chi connectivity index (χ1) is 14.0. The van der Waals surface area contributed by atoms with Gasteiger partial charge in [0.25, 0.3) is 0 Å². The fourth-order valence-corrected chi connectivity index (χ4v) is 4.43. The molecule has 9 heteroatoms. The molecule has 1 aliphatic rings. The summed E-state index contributed by atoms with van der Waals surface area (Å²) in [6.07, 6.45) is 5.64. The number of amides is 1. The molecular formula is C20H22ClN5O2S. The molecule has 1 fully saturated rings. The van der Waals surface area contributed by atoms with Gasteiger partial charge in [-0.05, 0) is 43.5 Å². The molecule has 1 N–H and O–H groups in total. The molecule has 1 unspecified atom stereocenters. The highest BCUT2D eigenvalue weighted by Crippen LogP contribution is 2.32. The van der Waals surface area contributed by atoms with Crippen LogP contribution in [-0.4, -0.2) is 40.9 Å². The molecule has 0 bridgehead atoms. The lowest BCUT2D eigenvalue weighted by molar-refractivity contribution is -0.120. The van der Waals surface area contributed by atoms with Gasteiger partial charge in [0, 0.05) is 36.6 Å². The van der Waals surface area contributed by atoms with E-state index in [1.54, 1.807) is 13.2 Å². The van der Waals surface area contributed by atoms with Gasteiger partial charge in [-0.1, -0.05) is 22.9 Å². The SMILES string of the molecule is COc1cc(Cl)c(C)cc1NC(=O)C1CCCN(c2nnc(-n3cccc3)s2)C1. The zero-order valence-corrected chi connectivity index (χ0v) is 17.8.